The molecule has 0 saturated heterocycles. The fourth-order valence-corrected chi connectivity index (χ4v) is 1.65. The summed E-state index contributed by atoms with van der Waals surface area (Å²) in [6, 6.07) is 8.73. The first-order valence-corrected chi connectivity index (χ1v) is 6.31. The van der Waals surface area contributed by atoms with Crippen LogP contribution in [0.5, 0.6) is 0 Å². The van der Waals surface area contributed by atoms with E-state index in [1.165, 1.54) is 11.1 Å². The summed E-state index contributed by atoms with van der Waals surface area (Å²) in [7, 11) is 0. The van der Waals surface area contributed by atoms with Crippen LogP contribution in [0.3, 0.4) is 0 Å². The first-order valence-electron chi connectivity index (χ1n) is 6.31. The van der Waals surface area contributed by atoms with Crippen molar-refractivity contribution in [2.24, 2.45) is 5.73 Å². The molecule has 0 fully saturated rings. The van der Waals surface area contributed by atoms with Crippen LogP contribution < -0.4 is 11.1 Å². The fourth-order valence-electron chi connectivity index (χ4n) is 1.65. The Morgan fingerprint density at radius 3 is 2.41 bits per heavy atom. The summed E-state index contributed by atoms with van der Waals surface area (Å²) >= 11 is 0. The molecule has 0 bridgehead atoms. The Morgan fingerprint density at radius 2 is 1.88 bits per heavy atom. The van der Waals surface area contributed by atoms with E-state index < -0.39 is 6.10 Å². The van der Waals surface area contributed by atoms with Gasteiger partial charge in [-0.1, -0.05) is 38.1 Å². The first kappa shape index (κ1) is 14.2. The van der Waals surface area contributed by atoms with Crippen molar-refractivity contribution in [2.45, 2.75) is 32.3 Å². The molecule has 4 N–H and O–H groups in total. The van der Waals surface area contributed by atoms with Crippen LogP contribution in [0, 0.1) is 0 Å². The van der Waals surface area contributed by atoms with Crippen molar-refractivity contribution in [2.75, 3.05) is 19.6 Å². The van der Waals surface area contributed by atoms with Gasteiger partial charge >= 0.3 is 0 Å². The minimum Gasteiger partial charge on any atom is -0.390 e. The van der Waals surface area contributed by atoms with Gasteiger partial charge in [0.1, 0.15) is 0 Å². The molecule has 17 heavy (non-hydrogen) atoms. The molecule has 0 amide bonds. The molecule has 0 spiro atoms. The molecule has 1 aromatic rings. The zero-order valence-corrected chi connectivity index (χ0v) is 10.8. The first-order chi connectivity index (χ1) is 8.13. The Bertz CT molecular complexity index is 309. The predicted molar refractivity (Wildman–Crippen MR) is 72.2 cm³/mol. The Kier molecular flexibility index (Phi) is 6.19. The third-order valence-corrected chi connectivity index (χ3v) is 2.89. The molecule has 3 heteroatoms. The number of rotatable bonds is 7. The maximum atomic E-state index is 9.27. The molecule has 0 aliphatic heterocycles. The third kappa shape index (κ3) is 5.31. The van der Waals surface area contributed by atoms with Gasteiger partial charge in [0, 0.05) is 13.1 Å². The highest BCUT2D eigenvalue weighted by atomic mass is 16.3. The Hall–Kier alpha value is -0.900. The second-order valence-corrected chi connectivity index (χ2v) is 4.74. The molecule has 1 aromatic carbocycles. The summed E-state index contributed by atoms with van der Waals surface area (Å²) in [5.41, 5.74) is 8.02. The lowest BCUT2D eigenvalue weighted by atomic mass is 10.0. The van der Waals surface area contributed by atoms with E-state index in [-0.39, 0.29) is 0 Å². The number of nitrogens with one attached hydrogen (secondary N) is 1. The van der Waals surface area contributed by atoms with Crippen LogP contribution in [0.4, 0.5) is 0 Å². The molecule has 1 unspecified atom stereocenters. The summed E-state index contributed by atoms with van der Waals surface area (Å²) in [6.07, 6.45) is 0.550. The highest BCUT2D eigenvalue weighted by Crippen LogP contribution is 2.14. The molecular formula is C14H24N2O. The van der Waals surface area contributed by atoms with Gasteiger partial charge in [0.2, 0.25) is 0 Å². The zero-order chi connectivity index (χ0) is 12.7. The number of hydrogen-bond donors (Lipinski definition) is 3. The molecule has 96 valence electrons. The second kappa shape index (κ2) is 7.43. The molecule has 0 aromatic heterocycles. The molecule has 1 rings (SSSR count). The lowest BCUT2D eigenvalue weighted by Gasteiger charge is -2.10. The van der Waals surface area contributed by atoms with Crippen molar-refractivity contribution in [1.29, 1.82) is 0 Å². The van der Waals surface area contributed by atoms with Crippen molar-refractivity contribution in [3.8, 4) is 0 Å². The van der Waals surface area contributed by atoms with Gasteiger partial charge in [-0.2, -0.15) is 0 Å². The average Bonchev–Trinajstić information content (AvgIpc) is 2.34. The van der Waals surface area contributed by atoms with E-state index in [2.05, 4.69) is 43.4 Å². The summed E-state index contributed by atoms with van der Waals surface area (Å²) in [4.78, 5) is 0. The van der Waals surface area contributed by atoms with Gasteiger partial charge in [0.15, 0.2) is 0 Å². The second-order valence-electron chi connectivity index (χ2n) is 4.74. The van der Waals surface area contributed by atoms with Crippen molar-refractivity contribution in [3.63, 3.8) is 0 Å². The third-order valence-electron chi connectivity index (χ3n) is 2.89. The summed E-state index contributed by atoms with van der Waals surface area (Å²) in [6.45, 7) is 6.16. The largest absolute Gasteiger partial charge is 0.390 e. The Morgan fingerprint density at radius 1 is 1.24 bits per heavy atom. The zero-order valence-electron chi connectivity index (χ0n) is 10.8. The van der Waals surface area contributed by atoms with Crippen LogP contribution in [0.25, 0.3) is 0 Å². The standard InChI is InChI=1S/C14H24N2O/c1-11(2)13-5-3-12(4-6-13)7-8-16-10-14(17)9-15/h3-6,11,14,16-17H,7-10,15H2,1-2H3. The van der Waals surface area contributed by atoms with E-state index >= 15 is 0 Å². The van der Waals surface area contributed by atoms with Crippen LogP contribution >= 0.6 is 0 Å². The van der Waals surface area contributed by atoms with Crippen LogP contribution in [-0.4, -0.2) is 30.8 Å². The molecule has 0 heterocycles. The summed E-state index contributed by atoms with van der Waals surface area (Å²) in [5, 5.41) is 12.5. The van der Waals surface area contributed by atoms with Crippen molar-refractivity contribution in [3.05, 3.63) is 35.4 Å². The SMILES string of the molecule is CC(C)c1ccc(CCNCC(O)CN)cc1. The lowest BCUT2D eigenvalue weighted by molar-refractivity contribution is 0.180. The highest BCUT2D eigenvalue weighted by Gasteiger charge is 2.01. The fraction of sp³-hybridized carbons (Fsp3) is 0.571. The van der Waals surface area contributed by atoms with E-state index in [1.54, 1.807) is 0 Å². The van der Waals surface area contributed by atoms with Gasteiger partial charge in [0.25, 0.3) is 0 Å². The van der Waals surface area contributed by atoms with Gasteiger partial charge in [-0.25, -0.2) is 0 Å². The average molecular weight is 236 g/mol. The maximum absolute atomic E-state index is 9.27. The van der Waals surface area contributed by atoms with Gasteiger partial charge in [-0.15, -0.1) is 0 Å². The van der Waals surface area contributed by atoms with Crippen LogP contribution in [0.1, 0.15) is 30.9 Å². The number of nitrogens with two attached hydrogens (primary N) is 1. The molecule has 3 nitrogen and oxygen atoms in total. The quantitative estimate of drug-likeness (QED) is 0.625. The van der Waals surface area contributed by atoms with Crippen LogP contribution in [-0.2, 0) is 6.42 Å². The van der Waals surface area contributed by atoms with Crippen LogP contribution in [0.2, 0.25) is 0 Å². The predicted octanol–water partition coefficient (Wildman–Crippen LogP) is 1.26. The van der Waals surface area contributed by atoms with E-state index in [4.69, 9.17) is 5.73 Å². The number of benzene rings is 1. The minimum absolute atomic E-state index is 0.316. The van der Waals surface area contributed by atoms with Gasteiger partial charge < -0.3 is 16.2 Å². The van der Waals surface area contributed by atoms with E-state index in [1.807, 2.05) is 0 Å². The number of aliphatic hydroxyl groups excluding tert-OH is 1. The Labute approximate surface area is 104 Å². The molecule has 0 aliphatic rings. The summed E-state index contributed by atoms with van der Waals surface area (Å²) < 4.78 is 0. The number of hydrogen-bond acceptors (Lipinski definition) is 3. The lowest BCUT2D eigenvalue weighted by Crippen LogP contribution is -2.33. The molecule has 0 radical (unpaired) electrons. The van der Waals surface area contributed by atoms with E-state index in [0.29, 0.717) is 19.0 Å². The molecular weight excluding hydrogens is 212 g/mol. The Balaban J connectivity index is 2.28. The van der Waals surface area contributed by atoms with Gasteiger partial charge in [-0.3, -0.25) is 0 Å². The van der Waals surface area contributed by atoms with Crippen molar-refractivity contribution < 1.29 is 5.11 Å². The topological polar surface area (TPSA) is 58.3 Å². The van der Waals surface area contributed by atoms with Crippen molar-refractivity contribution >= 4 is 0 Å². The smallest absolute Gasteiger partial charge is 0.0786 e. The van der Waals surface area contributed by atoms with Crippen molar-refractivity contribution in [1.82, 2.24) is 5.32 Å². The molecule has 0 aliphatic carbocycles. The van der Waals surface area contributed by atoms with E-state index in [0.717, 1.165) is 13.0 Å². The maximum Gasteiger partial charge on any atom is 0.0786 e. The molecule has 0 saturated carbocycles. The van der Waals surface area contributed by atoms with Gasteiger partial charge in [0.05, 0.1) is 6.10 Å². The normalized spacial score (nSPS) is 13.0. The monoisotopic (exact) mass is 236 g/mol. The highest BCUT2D eigenvalue weighted by molar-refractivity contribution is 5.24. The van der Waals surface area contributed by atoms with E-state index in [9.17, 15) is 5.11 Å². The minimum atomic E-state index is -0.432. The van der Waals surface area contributed by atoms with Crippen LogP contribution in [0.15, 0.2) is 24.3 Å². The van der Waals surface area contributed by atoms with Gasteiger partial charge in [-0.05, 0) is 30.0 Å². The summed E-state index contributed by atoms with van der Waals surface area (Å²) in [5.74, 6) is 0.585. The molecule has 1 atom stereocenters. The number of aliphatic hydroxyl groups is 1.